The molecular weight excluding hydrogens is 420 g/mol. The Hall–Kier alpha value is -4.09. The Balaban J connectivity index is 1.43. The molecule has 1 N–H and O–H groups in total. The third-order valence-corrected chi connectivity index (χ3v) is 4.66. The number of carbonyl (C=O) groups is 2. The number of carbonyl (C=O) groups excluding carboxylic acids is 2. The third kappa shape index (κ3) is 4.42. The van der Waals surface area contributed by atoms with Crippen LogP contribution in [0.5, 0.6) is 5.75 Å². The molecule has 2 aromatic carbocycles. The maximum absolute atomic E-state index is 12.4. The minimum atomic E-state index is -0.683. The summed E-state index contributed by atoms with van der Waals surface area (Å²) in [4.78, 5) is 24.7. The first kappa shape index (κ1) is 20.2. The van der Waals surface area contributed by atoms with Crippen LogP contribution in [0.2, 0.25) is 5.02 Å². The first-order valence-electron chi connectivity index (χ1n) is 9.18. The topological polar surface area (TPSA) is 106 Å². The van der Waals surface area contributed by atoms with Crippen molar-refractivity contribution in [3.8, 4) is 17.5 Å². The minimum absolute atomic E-state index is 0.0223. The molecule has 0 radical (unpaired) electrons. The third-order valence-electron chi connectivity index (χ3n) is 4.43. The normalized spacial score (nSPS) is 12.1. The van der Waals surface area contributed by atoms with Gasteiger partial charge in [0.05, 0.1) is 17.5 Å². The van der Waals surface area contributed by atoms with Crippen LogP contribution < -0.4 is 10.1 Å². The summed E-state index contributed by atoms with van der Waals surface area (Å²) in [5.74, 6) is -0.489. The minimum Gasteiger partial charge on any atom is -0.488 e. The van der Waals surface area contributed by atoms with E-state index in [1.54, 1.807) is 36.4 Å². The van der Waals surface area contributed by atoms with E-state index in [1.165, 1.54) is 10.9 Å². The number of hydrogen-bond acceptors (Lipinski definition) is 6. The zero-order valence-corrected chi connectivity index (χ0v) is 16.8. The molecule has 1 aromatic heterocycles. The highest BCUT2D eigenvalue weighted by Crippen LogP contribution is 2.29. The number of esters is 1. The van der Waals surface area contributed by atoms with Gasteiger partial charge in [-0.25, -0.2) is 9.48 Å². The number of nitriles is 1. The number of halogens is 1. The number of fused-ring (bicyclic) bond motifs is 1. The Morgan fingerprint density at radius 3 is 2.84 bits per heavy atom. The van der Waals surface area contributed by atoms with E-state index in [4.69, 9.17) is 21.1 Å². The highest BCUT2D eigenvalue weighted by Gasteiger charge is 2.21. The van der Waals surface area contributed by atoms with Gasteiger partial charge in [0.15, 0.2) is 12.4 Å². The molecule has 154 valence electrons. The maximum atomic E-state index is 12.4. The first-order valence-corrected chi connectivity index (χ1v) is 9.56. The number of rotatable bonds is 5. The lowest BCUT2D eigenvalue weighted by Crippen LogP contribution is -2.25. The van der Waals surface area contributed by atoms with Crippen LogP contribution in [0.4, 0.5) is 5.82 Å². The van der Waals surface area contributed by atoms with E-state index in [2.05, 4.69) is 10.4 Å². The lowest BCUT2D eigenvalue weighted by Gasteiger charge is -2.17. The molecule has 0 aliphatic carbocycles. The van der Waals surface area contributed by atoms with Crippen molar-refractivity contribution < 1.29 is 19.1 Å². The average molecular weight is 435 g/mol. The van der Waals surface area contributed by atoms with Crippen molar-refractivity contribution in [3.05, 3.63) is 76.5 Å². The lowest BCUT2D eigenvalue weighted by atomic mass is 10.1. The number of benzene rings is 2. The van der Waals surface area contributed by atoms with E-state index in [1.807, 2.05) is 24.3 Å². The van der Waals surface area contributed by atoms with E-state index in [0.717, 1.165) is 0 Å². The molecule has 31 heavy (non-hydrogen) atoms. The summed E-state index contributed by atoms with van der Waals surface area (Å²) in [6, 6.07) is 16.1. The van der Waals surface area contributed by atoms with Gasteiger partial charge in [-0.3, -0.25) is 4.79 Å². The number of hydrogen-bond donors (Lipinski definition) is 1. The Morgan fingerprint density at radius 1 is 1.26 bits per heavy atom. The van der Waals surface area contributed by atoms with Crippen LogP contribution in [0.3, 0.4) is 0 Å². The molecule has 8 nitrogen and oxygen atoms in total. The second-order valence-corrected chi connectivity index (χ2v) is 6.97. The van der Waals surface area contributed by atoms with Crippen LogP contribution in [-0.2, 0) is 14.3 Å². The molecule has 0 unspecified atom stereocenters. The van der Waals surface area contributed by atoms with Gasteiger partial charge in [-0.05, 0) is 36.4 Å². The standard InChI is InChI=1S/C22H15ClN4O4/c23-17-6-7-19-14(9-17)8-15(12-30-19)22(29)31-13-20(28)26-21-16(10-24)11-25-27(21)18-4-2-1-3-5-18/h1-9,11H,12-13H2,(H,26,28). The van der Waals surface area contributed by atoms with E-state index in [0.29, 0.717) is 22.0 Å². The van der Waals surface area contributed by atoms with Crippen LogP contribution in [0.25, 0.3) is 11.8 Å². The van der Waals surface area contributed by atoms with E-state index in [9.17, 15) is 14.9 Å². The maximum Gasteiger partial charge on any atom is 0.338 e. The molecule has 4 rings (SSSR count). The van der Waals surface area contributed by atoms with Gasteiger partial charge in [-0.1, -0.05) is 29.8 Å². The summed E-state index contributed by atoms with van der Waals surface area (Å²) in [5, 5.41) is 16.5. The van der Waals surface area contributed by atoms with Crippen LogP contribution in [-0.4, -0.2) is 34.9 Å². The van der Waals surface area contributed by atoms with Gasteiger partial charge >= 0.3 is 5.97 Å². The van der Waals surface area contributed by atoms with Gasteiger partial charge in [0.1, 0.15) is 24.0 Å². The summed E-state index contributed by atoms with van der Waals surface area (Å²) in [6.45, 7) is -0.516. The molecule has 0 bridgehead atoms. The second-order valence-electron chi connectivity index (χ2n) is 6.53. The number of anilines is 1. The first-order chi connectivity index (χ1) is 15.0. The Labute approximate surface area is 182 Å². The molecule has 0 saturated heterocycles. The predicted octanol–water partition coefficient (Wildman–Crippen LogP) is 3.36. The van der Waals surface area contributed by atoms with E-state index >= 15 is 0 Å². The number of nitrogens with one attached hydrogen (secondary N) is 1. The smallest absolute Gasteiger partial charge is 0.338 e. The Morgan fingerprint density at radius 2 is 2.06 bits per heavy atom. The van der Waals surface area contributed by atoms with Gasteiger partial charge in [0, 0.05) is 10.6 Å². The number of ether oxygens (including phenoxy) is 2. The second kappa shape index (κ2) is 8.73. The van der Waals surface area contributed by atoms with Gasteiger partial charge in [-0.15, -0.1) is 0 Å². The van der Waals surface area contributed by atoms with Gasteiger partial charge in [0.25, 0.3) is 5.91 Å². The molecule has 1 amide bonds. The predicted molar refractivity (Wildman–Crippen MR) is 113 cm³/mol. The van der Waals surface area contributed by atoms with E-state index < -0.39 is 18.5 Å². The van der Waals surface area contributed by atoms with Crippen molar-refractivity contribution in [2.24, 2.45) is 0 Å². The van der Waals surface area contributed by atoms with Crippen LogP contribution in [0.1, 0.15) is 11.1 Å². The van der Waals surface area contributed by atoms with Gasteiger partial charge in [0.2, 0.25) is 0 Å². The van der Waals surface area contributed by atoms with Gasteiger partial charge in [-0.2, -0.15) is 10.4 Å². The zero-order chi connectivity index (χ0) is 21.8. The summed E-state index contributed by atoms with van der Waals surface area (Å²) < 4.78 is 12.1. The van der Waals surface area contributed by atoms with Crippen molar-refractivity contribution in [1.29, 1.82) is 5.26 Å². The van der Waals surface area contributed by atoms with Crippen LogP contribution in [0, 0.1) is 11.3 Å². The van der Waals surface area contributed by atoms with Crippen molar-refractivity contribution in [2.75, 3.05) is 18.5 Å². The molecule has 1 aliphatic heterocycles. The Bertz CT molecular complexity index is 1230. The SMILES string of the molecule is N#Cc1cnn(-c2ccccc2)c1NC(=O)COC(=O)C1=Cc2cc(Cl)ccc2OC1. The van der Waals surface area contributed by atoms with Gasteiger partial charge < -0.3 is 14.8 Å². The summed E-state index contributed by atoms with van der Waals surface area (Å²) in [5.41, 5.74) is 1.76. The largest absolute Gasteiger partial charge is 0.488 e. The fourth-order valence-electron chi connectivity index (χ4n) is 2.97. The highest BCUT2D eigenvalue weighted by atomic mass is 35.5. The number of para-hydroxylation sites is 1. The van der Waals surface area contributed by atoms with Crippen molar-refractivity contribution in [1.82, 2.24) is 9.78 Å². The fourth-order valence-corrected chi connectivity index (χ4v) is 3.15. The zero-order valence-electron chi connectivity index (χ0n) is 16.0. The van der Waals surface area contributed by atoms with Crippen molar-refractivity contribution in [3.63, 3.8) is 0 Å². The molecule has 0 fully saturated rings. The fraction of sp³-hybridized carbons (Fsp3) is 0.0909. The quantitative estimate of drug-likeness (QED) is 0.617. The molecule has 9 heteroatoms. The summed E-state index contributed by atoms with van der Waals surface area (Å²) in [7, 11) is 0. The summed E-state index contributed by atoms with van der Waals surface area (Å²) >= 11 is 5.97. The molecule has 0 atom stereocenters. The van der Waals surface area contributed by atoms with Crippen LogP contribution >= 0.6 is 11.6 Å². The number of aromatic nitrogens is 2. The van der Waals surface area contributed by atoms with Crippen molar-refractivity contribution >= 4 is 35.4 Å². The molecule has 1 aliphatic rings. The average Bonchev–Trinajstić information content (AvgIpc) is 3.19. The molecule has 0 spiro atoms. The highest BCUT2D eigenvalue weighted by molar-refractivity contribution is 6.30. The van der Waals surface area contributed by atoms with Crippen molar-refractivity contribution in [2.45, 2.75) is 0 Å². The lowest BCUT2D eigenvalue weighted by molar-refractivity contribution is -0.143. The van der Waals surface area contributed by atoms with E-state index in [-0.39, 0.29) is 23.6 Å². The number of amides is 1. The molecule has 0 saturated carbocycles. The summed E-state index contributed by atoms with van der Waals surface area (Å²) in [6.07, 6.45) is 2.96. The monoisotopic (exact) mass is 434 g/mol. The molecule has 3 aromatic rings. The molecular formula is C22H15ClN4O4. The number of nitrogens with zero attached hydrogens (tertiary/aromatic N) is 3. The Kier molecular flexibility index (Phi) is 5.69. The van der Waals surface area contributed by atoms with Crippen LogP contribution in [0.15, 0.2) is 60.3 Å². The molecule has 2 heterocycles.